The van der Waals surface area contributed by atoms with Gasteiger partial charge in [-0.25, -0.2) is 12.8 Å². The molecule has 0 saturated carbocycles. The fourth-order valence-corrected chi connectivity index (χ4v) is 3.16. The van der Waals surface area contributed by atoms with E-state index in [9.17, 15) is 17.6 Å². The maximum Gasteiger partial charge on any atom is 0.243 e. The predicted octanol–water partition coefficient (Wildman–Crippen LogP) is 0.173. The number of amides is 1. The van der Waals surface area contributed by atoms with Crippen LogP contribution >= 0.6 is 0 Å². The van der Waals surface area contributed by atoms with Crippen molar-refractivity contribution >= 4 is 21.6 Å². The Balaban J connectivity index is 3.26. The van der Waals surface area contributed by atoms with E-state index in [0.717, 1.165) is 16.4 Å². The van der Waals surface area contributed by atoms with E-state index in [-0.39, 0.29) is 29.4 Å². The molecule has 0 radical (unpaired) electrons. The summed E-state index contributed by atoms with van der Waals surface area (Å²) in [4.78, 5) is 11.0. The van der Waals surface area contributed by atoms with Crippen molar-refractivity contribution in [2.45, 2.75) is 11.8 Å². The number of rotatable bonds is 6. The molecule has 0 fully saturated rings. The van der Waals surface area contributed by atoms with Crippen LogP contribution in [0.5, 0.6) is 5.75 Å². The number of ether oxygens (including phenoxy) is 1. The summed E-state index contributed by atoms with van der Waals surface area (Å²) in [6, 6.07) is 1.92. The largest absolute Gasteiger partial charge is 0.492 e. The van der Waals surface area contributed by atoms with Crippen molar-refractivity contribution in [1.82, 2.24) is 9.62 Å². The number of anilines is 1. The third kappa shape index (κ3) is 3.61. The molecule has 0 spiro atoms. The summed E-state index contributed by atoms with van der Waals surface area (Å²) in [5, 5.41) is 2.33. The molecule has 3 N–H and O–H groups in total. The van der Waals surface area contributed by atoms with Gasteiger partial charge in [0.25, 0.3) is 0 Å². The molecule has 118 valence electrons. The normalized spacial score (nSPS) is 11.5. The molecule has 0 aliphatic heterocycles. The Hall–Kier alpha value is -1.87. The van der Waals surface area contributed by atoms with Gasteiger partial charge >= 0.3 is 0 Å². The number of hydrogen-bond donors (Lipinski definition) is 2. The van der Waals surface area contributed by atoms with E-state index < -0.39 is 21.7 Å². The van der Waals surface area contributed by atoms with E-state index in [0.29, 0.717) is 0 Å². The quantitative estimate of drug-likeness (QED) is 0.728. The number of carbonyl (C=O) groups is 1. The van der Waals surface area contributed by atoms with Crippen LogP contribution in [-0.2, 0) is 14.8 Å². The Morgan fingerprint density at radius 2 is 2.10 bits per heavy atom. The third-order valence-electron chi connectivity index (χ3n) is 2.84. The first-order valence-electron chi connectivity index (χ1n) is 6.11. The lowest BCUT2D eigenvalue weighted by Gasteiger charge is -2.20. The molecule has 0 bridgehead atoms. The van der Waals surface area contributed by atoms with Crippen molar-refractivity contribution in [3.63, 3.8) is 0 Å². The second-order valence-electron chi connectivity index (χ2n) is 4.13. The highest BCUT2D eigenvalue weighted by Crippen LogP contribution is 2.29. The zero-order valence-electron chi connectivity index (χ0n) is 12.0. The molecular weight excluding hydrogens is 301 g/mol. The minimum atomic E-state index is -4.03. The summed E-state index contributed by atoms with van der Waals surface area (Å²) >= 11 is 0. The summed E-state index contributed by atoms with van der Waals surface area (Å²) in [6.45, 7) is 1.27. The lowest BCUT2D eigenvalue weighted by molar-refractivity contribution is -0.120. The van der Waals surface area contributed by atoms with Gasteiger partial charge in [0, 0.05) is 13.6 Å². The highest BCUT2D eigenvalue weighted by molar-refractivity contribution is 7.89. The Labute approximate surface area is 122 Å². The van der Waals surface area contributed by atoms with Crippen molar-refractivity contribution in [3.8, 4) is 5.75 Å². The molecule has 1 aromatic carbocycles. The molecule has 0 unspecified atom stereocenters. The lowest BCUT2D eigenvalue weighted by Crippen LogP contribution is -2.39. The van der Waals surface area contributed by atoms with E-state index in [2.05, 4.69) is 5.32 Å². The highest BCUT2D eigenvalue weighted by atomic mass is 32.2. The predicted molar refractivity (Wildman–Crippen MR) is 75.9 cm³/mol. The number of nitrogens with zero attached hydrogens (tertiary/aromatic N) is 1. The van der Waals surface area contributed by atoms with Crippen LogP contribution in [0.2, 0.25) is 0 Å². The molecule has 1 amide bonds. The molecule has 1 rings (SSSR count). The fourth-order valence-electron chi connectivity index (χ4n) is 1.71. The summed E-state index contributed by atoms with van der Waals surface area (Å²) < 4.78 is 44.2. The van der Waals surface area contributed by atoms with E-state index in [1.807, 2.05) is 0 Å². The summed E-state index contributed by atoms with van der Waals surface area (Å²) in [7, 11) is -1.40. The molecule has 0 aromatic heterocycles. The number of methoxy groups -OCH3 is 1. The topological polar surface area (TPSA) is 102 Å². The van der Waals surface area contributed by atoms with E-state index in [1.165, 1.54) is 14.2 Å². The zero-order chi connectivity index (χ0) is 16.2. The van der Waals surface area contributed by atoms with Crippen molar-refractivity contribution in [2.24, 2.45) is 0 Å². The monoisotopic (exact) mass is 319 g/mol. The van der Waals surface area contributed by atoms with E-state index in [4.69, 9.17) is 10.5 Å². The molecule has 21 heavy (non-hydrogen) atoms. The zero-order valence-corrected chi connectivity index (χ0v) is 12.8. The standard InChI is InChI=1S/C12H18FN3O4S/c1-4-16(7-11(17)15-2)21(18,19)8-5-9(13)12(20-3)10(14)6-8/h5-6H,4,7,14H2,1-3H3,(H,15,17). The van der Waals surface area contributed by atoms with Crippen LogP contribution in [0, 0.1) is 5.82 Å². The van der Waals surface area contributed by atoms with E-state index in [1.54, 1.807) is 6.92 Å². The minimum absolute atomic E-state index is 0.0588. The average molecular weight is 319 g/mol. The van der Waals surface area contributed by atoms with Crippen LogP contribution in [0.25, 0.3) is 0 Å². The van der Waals surface area contributed by atoms with Gasteiger partial charge in [0.2, 0.25) is 15.9 Å². The van der Waals surface area contributed by atoms with Gasteiger partial charge in [0.05, 0.1) is 24.2 Å². The number of nitrogens with two attached hydrogens (primary N) is 1. The third-order valence-corrected chi connectivity index (χ3v) is 4.74. The number of sulfonamides is 1. The van der Waals surface area contributed by atoms with Crippen LogP contribution < -0.4 is 15.8 Å². The summed E-state index contributed by atoms with van der Waals surface area (Å²) in [5.74, 6) is -1.57. The number of likely N-dealkylation sites (N-methyl/N-ethyl adjacent to an activating group) is 2. The first-order valence-corrected chi connectivity index (χ1v) is 7.55. The highest BCUT2D eigenvalue weighted by Gasteiger charge is 2.27. The van der Waals surface area contributed by atoms with Crippen LogP contribution in [0.15, 0.2) is 17.0 Å². The molecule has 0 saturated heterocycles. The maximum atomic E-state index is 13.8. The van der Waals surface area contributed by atoms with Gasteiger partial charge in [0.1, 0.15) is 0 Å². The van der Waals surface area contributed by atoms with Gasteiger partial charge in [0.15, 0.2) is 11.6 Å². The Bertz CT molecular complexity index is 610. The molecule has 9 heteroatoms. The molecule has 0 atom stereocenters. The van der Waals surface area contributed by atoms with Crippen molar-refractivity contribution in [1.29, 1.82) is 0 Å². The fraction of sp³-hybridized carbons (Fsp3) is 0.417. The molecule has 0 aliphatic carbocycles. The molecule has 0 heterocycles. The number of benzene rings is 1. The maximum absolute atomic E-state index is 13.8. The first-order chi connectivity index (χ1) is 9.77. The van der Waals surface area contributed by atoms with Crippen molar-refractivity contribution in [3.05, 3.63) is 17.9 Å². The van der Waals surface area contributed by atoms with Crippen molar-refractivity contribution < 1.29 is 22.3 Å². The van der Waals surface area contributed by atoms with Crippen molar-refractivity contribution in [2.75, 3.05) is 33.0 Å². The van der Waals surface area contributed by atoms with Gasteiger partial charge in [-0.1, -0.05) is 6.92 Å². The molecule has 1 aromatic rings. The van der Waals surface area contributed by atoms with Gasteiger partial charge in [-0.3, -0.25) is 4.79 Å². The SMILES string of the molecule is CCN(CC(=O)NC)S(=O)(=O)c1cc(N)c(OC)c(F)c1. The van der Waals surface area contributed by atoms with Gasteiger partial charge < -0.3 is 15.8 Å². The number of nitrogens with one attached hydrogen (secondary N) is 1. The van der Waals surface area contributed by atoms with Crippen LogP contribution in [-0.4, -0.2) is 45.9 Å². The van der Waals surface area contributed by atoms with Gasteiger partial charge in [-0.05, 0) is 12.1 Å². The molecular formula is C12H18FN3O4S. The Kier molecular flexibility index (Phi) is 5.50. The lowest BCUT2D eigenvalue weighted by atomic mass is 10.3. The number of nitrogen functional groups attached to an aromatic ring is 1. The Morgan fingerprint density at radius 3 is 2.52 bits per heavy atom. The first kappa shape index (κ1) is 17.2. The van der Waals surface area contributed by atoms with E-state index >= 15 is 0 Å². The second kappa shape index (κ2) is 6.72. The van der Waals surface area contributed by atoms with Crippen LogP contribution in [0.4, 0.5) is 10.1 Å². The molecule has 7 nitrogen and oxygen atoms in total. The molecule has 0 aliphatic rings. The smallest absolute Gasteiger partial charge is 0.243 e. The average Bonchev–Trinajstić information content (AvgIpc) is 2.43. The minimum Gasteiger partial charge on any atom is -0.492 e. The van der Waals surface area contributed by atoms with Crippen LogP contribution in [0.3, 0.4) is 0 Å². The van der Waals surface area contributed by atoms with Gasteiger partial charge in [-0.2, -0.15) is 4.31 Å². The Morgan fingerprint density at radius 1 is 1.48 bits per heavy atom. The van der Waals surface area contributed by atoms with Gasteiger partial charge in [-0.15, -0.1) is 0 Å². The summed E-state index contributed by atoms with van der Waals surface area (Å²) in [6.07, 6.45) is 0. The second-order valence-corrected chi connectivity index (χ2v) is 6.07. The number of carbonyl (C=O) groups excluding carboxylic acids is 1. The summed E-state index contributed by atoms with van der Waals surface area (Å²) in [5.41, 5.74) is 5.44. The number of halogens is 1. The number of hydrogen-bond acceptors (Lipinski definition) is 5. The van der Waals surface area contributed by atoms with Crippen LogP contribution in [0.1, 0.15) is 6.92 Å².